The summed E-state index contributed by atoms with van der Waals surface area (Å²) in [5, 5.41) is 12.2. The lowest BCUT2D eigenvalue weighted by atomic mass is 10.1. The van der Waals surface area contributed by atoms with E-state index in [1.807, 2.05) is 54.8 Å². The summed E-state index contributed by atoms with van der Waals surface area (Å²) in [5.41, 5.74) is 4.16. The molecule has 2 aromatic heterocycles. The number of rotatable bonds is 6. The van der Waals surface area contributed by atoms with Crippen molar-refractivity contribution in [1.82, 2.24) is 24.6 Å². The van der Waals surface area contributed by atoms with Crippen LogP contribution in [0.15, 0.2) is 66.0 Å². The van der Waals surface area contributed by atoms with Crippen molar-refractivity contribution in [3.63, 3.8) is 0 Å². The van der Waals surface area contributed by atoms with Crippen molar-refractivity contribution in [3.8, 4) is 17.1 Å². The molecule has 168 valence electrons. The van der Waals surface area contributed by atoms with Crippen molar-refractivity contribution in [2.24, 2.45) is 7.05 Å². The number of nitrogens with zero attached hydrogens (tertiary/aromatic N) is 4. The first-order valence-electron chi connectivity index (χ1n) is 10.2. The van der Waals surface area contributed by atoms with Crippen LogP contribution in [-0.2, 0) is 11.8 Å². The lowest BCUT2D eigenvalue weighted by Crippen LogP contribution is -2.33. The minimum absolute atomic E-state index is 0.00167. The fourth-order valence-corrected chi connectivity index (χ4v) is 4.38. The van der Waals surface area contributed by atoms with E-state index < -0.39 is 11.8 Å². The Balaban J connectivity index is 1.64. The zero-order valence-corrected chi connectivity index (χ0v) is 19.9. The molecule has 4 rings (SSSR count). The fraction of sp³-hybridized carbons (Fsp3) is 0.167. The number of benzene rings is 2. The van der Waals surface area contributed by atoms with Crippen molar-refractivity contribution in [2.45, 2.75) is 19.0 Å². The highest BCUT2D eigenvalue weighted by Gasteiger charge is 2.21. The molecule has 0 fully saturated rings. The summed E-state index contributed by atoms with van der Waals surface area (Å²) in [6.45, 7) is 4.02. The molecule has 4 aromatic rings. The van der Waals surface area contributed by atoms with Crippen LogP contribution < -0.4 is 5.32 Å². The Morgan fingerprint density at radius 1 is 1.06 bits per heavy atom. The topological polar surface area (TPSA) is 81.8 Å². The molecule has 0 saturated carbocycles. The molecule has 2 heterocycles. The van der Waals surface area contributed by atoms with E-state index >= 15 is 0 Å². The van der Waals surface area contributed by atoms with Gasteiger partial charge in [0.2, 0.25) is 5.91 Å². The number of aromatic nitrogens is 4. The first kappa shape index (κ1) is 22.8. The average Bonchev–Trinajstić information content (AvgIpc) is 3.40. The number of hydrogen-bond donors (Lipinski definition) is 1. The molecule has 7 nitrogen and oxygen atoms in total. The highest BCUT2D eigenvalue weighted by atomic mass is 35.5. The highest BCUT2D eigenvalue weighted by molar-refractivity contribution is 7.99. The van der Waals surface area contributed by atoms with E-state index in [0.29, 0.717) is 21.7 Å². The van der Waals surface area contributed by atoms with Gasteiger partial charge in [0, 0.05) is 18.8 Å². The van der Waals surface area contributed by atoms with E-state index in [9.17, 15) is 9.59 Å². The molecule has 0 spiro atoms. The van der Waals surface area contributed by atoms with E-state index in [4.69, 9.17) is 11.6 Å². The summed E-state index contributed by atoms with van der Waals surface area (Å²) in [6.07, 6.45) is 1.75. The summed E-state index contributed by atoms with van der Waals surface area (Å²) < 4.78 is 3.56. The van der Waals surface area contributed by atoms with Gasteiger partial charge in [0.05, 0.1) is 16.5 Å². The minimum Gasteiger partial charge on any atom is -0.347 e. The molecular formula is C24H22ClN5O2S. The van der Waals surface area contributed by atoms with E-state index in [0.717, 1.165) is 22.4 Å². The molecule has 0 aliphatic rings. The number of carbonyl (C=O) groups is 2. The van der Waals surface area contributed by atoms with E-state index in [1.165, 1.54) is 11.8 Å². The Morgan fingerprint density at radius 2 is 1.85 bits per heavy atom. The summed E-state index contributed by atoms with van der Waals surface area (Å²) in [6, 6.07) is 16.9. The first-order chi connectivity index (χ1) is 15.8. The third-order valence-corrected chi connectivity index (χ3v) is 6.37. The number of imide groups is 1. The van der Waals surface area contributed by atoms with Gasteiger partial charge in [-0.05, 0) is 55.3 Å². The summed E-state index contributed by atoms with van der Waals surface area (Å²) in [4.78, 5) is 24.8. The Bertz CT molecular complexity index is 1340. The number of aryl methyl sites for hydroxylation is 3. The molecule has 1 N–H and O–H groups in total. The van der Waals surface area contributed by atoms with Gasteiger partial charge in [0.1, 0.15) is 5.69 Å². The number of nitrogens with one attached hydrogen (secondary N) is 1. The molecule has 9 heteroatoms. The molecule has 0 unspecified atom stereocenters. The second-order valence-electron chi connectivity index (χ2n) is 7.58. The molecule has 0 radical (unpaired) electrons. The average molecular weight is 480 g/mol. The number of amides is 2. The molecule has 2 aromatic carbocycles. The van der Waals surface area contributed by atoms with Crippen LogP contribution in [0.25, 0.3) is 17.1 Å². The maximum Gasteiger partial charge on any atom is 0.274 e. The van der Waals surface area contributed by atoms with Crippen LogP contribution in [0.3, 0.4) is 0 Å². The Morgan fingerprint density at radius 3 is 2.58 bits per heavy atom. The zero-order valence-electron chi connectivity index (χ0n) is 18.4. The molecule has 33 heavy (non-hydrogen) atoms. The van der Waals surface area contributed by atoms with Crippen molar-refractivity contribution in [2.75, 3.05) is 5.75 Å². The summed E-state index contributed by atoms with van der Waals surface area (Å²) in [5.74, 6) is -0.277. The normalized spacial score (nSPS) is 10.9. The van der Waals surface area contributed by atoms with Crippen molar-refractivity contribution in [3.05, 3.63) is 82.6 Å². The smallest absolute Gasteiger partial charge is 0.274 e. The number of carbonyl (C=O) groups excluding carboxylic acids is 2. The largest absolute Gasteiger partial charge is 0.347 e. The predicted octanol–water partition coefficient (Wildman–Crippen LogP) is 4.59. The van der Waals surface area contributed by atoms with Gasteiger partial charge in [0.25, 0.3) is 5.91 Å². The summed E-state index contributed by atoms with van der Waals surface area (Å²) in [7, 11) is 1.75. The maximum absolute atomic E-state index is 12.5. The predicted molar refractivity (Wildman–Crippen MR) is 130 cm³/mol. The van der Waals surface area contributed by atoms with Gasteiger partial charge in [-0.15, -0.1) is 10.2 Å². The molecule has 0 saturated heterocycles. The lowest BCUT2D eigenvalue weighted by Gasteiger charge is -2.14. The third kappa shape index (κ3) is 4.86. The Hall–Kier alpha value is -3.36. The third-order valence-electron chi connectivity index (χ3n) is 5.12. The van der Waals surface area contributed by atoms with Crippen molar-refractivity contribution >= 4 is 35.2 Å². The number of hydrogen-bond acceptors (Lipinski definition) is 5. The lowest BCUT2D eigenvalue weighted by molar-refractivity contribution is -0.117. The van der Waals surface area contributed by atoms with Gasteiger partial charge in [-0.2, -0.15) is 0 Å². The van der Waals surface area contributed by atoms with Crippen LogP contribution in [0.4, 0.5) is 0 Å². The highest BCUT2D eigenvalue weighted by Crippen LogP contribution is 2.33. The van der Waals surface area contributed by atoms with Gasteiger partial charge in [-0.25, -0.2) is 0 Å². The Kier molecular flexibility index (Phi) is 6.67. The zero-order chi connectivity index (χ0) is 23.5. The number of thioether (sulfide) groups is 1. The van der Waals surface area contributed by atoms with E-state index in [-0.39, 0.29) is 5.75 Å². The SMILES string of the molecule is Cc1ccc(C)c(-n2c(SCC(=O)NC(=O)c3cccn3C)nnc2-c2ccccc2Cl)c1. The van der Waals surface area contributed by atoms with Gasteiger partial charge in [-0.1, -0.05) is 47.6 Å². The van der Waals surface area contributed by atoms with Crippen LogP contribution in [0.5, 0.6) is 0 Å². The van der Waals surface area contributed by atoms with Gasteiger partial charge in [-0.3, -0.25) is 19.5 Å². The van der Waals surface area contributed by atoms with E-state index in [2.05, 4.69) is 15.5 Å². The monoisotopic (exact) mass is 479 g/mol. The van der Waals surface area contributed by atoms with Crippen molar-refractivity contribution in [1.29, 1.82) is 0 Å². The fourth-order valence-electron chi connectivity index (χ4n) is 3.41. The van der Waals surface area contributed by atoms with Gasteiger partial charge in [0.15, 0.2) is 11.0 Å². The minimum atomic E-state index is -0.444. The van der Waals surface area contributed by atoms with E-state index in [1.54, 1.807) is 36.0 Å². The van der Waals surface area contributed by atoms with Crippen LogP contribution in [0, 0.1) is 13.8 Å². The second kappa shape index (κ2) is 9.64. The molecule has 0 atom stereocenters. The second-order valence-corrected chi connectivity index (χ2v) is 8.93. The summed E-state index contributed by atoms with van der Waals surface area (Å²) >= 11 is 7.66. The van der Waals surface area contributed by atoms with Crippen LogP contribution in [0.2, 0.25) is 5.02 Å². The molecule has 2 amide bonds. The molecule has 0 bridgehead atoms. The van der Waals surface area contributed by atoms with Gasteiger partial charge < -0.3 is 4.57 Å². The molecule has 0 aliphatic carbocycles. The Labute approximate surface area is 200 Å². The number of halogens is 1. The standard InChI is InChI=1S/C24H22ClN5O2S/c1-15-10-11-16(2)20(13-15)30-22(17-7-4-5-8-18(17)25)27-28-24(30)33-14-21(31)26-23(32)19-9-6-12-29(19)3/h4-13H,14H2,1-3H3,(H,26,31,32). The maximum atomic E-state index is 12.5. The van der Waals surface area contributed by atoms with Crippen LogP contribution in [0.1, 0.15) is 21.6 Å². The molecular weight excluding hydrogens is 458 g/mol. The van der Waals surface area contributed by atoms with Gasteiger partial charge >= 0.3 is 0 Å². The van der Waals surface area contributed by atoms with Crippen molar-refractivity contribution < 1.29 is 9.59 Å². The molecule has 0 aliphatic heterocycles. The first-order valence-corrected chi connectivity index (χ1v) is 11.6. The quantitative estimate of drug-likeness (QED) is 0.409. The van der Waals surface area contributed by atoms with Crippen LogP contribution >= 0.6 is 23.4 Å². The van der Waals surface area contributed by atoms with Crippen LogP contribution in [-0.4, -0.2) is 36.9 Å².